The number of nitrogens with zero attached hydrogens (tertiary/aromatic N) is 1. The van der Waals surface area contributed by atoms with Gasteiger partial charge in [0.15, 0.2) is 0 Å². The number of rotatable bonds is 5. The number of hydrogen-bond donors (Lipinski definition) is 1. The molecule has 0 radical (unpaired) electrons. The Balaban J connectivity index is 1.69. The van der Waals surface area contributed by atoms with Gasteiger partial charge in [-0.15, -0.1) is 0 Å². The minimum absolute atomic E-state index is 0.125. The van der Waals surface area contributed by atoms with Crippen LogP contribution < -0.4 is 5.32 Å². The van der Waals surface area contributed by atoms with Crippen molar-refractivity contribution in [2.45, 2.75) is 32.4 Å². The van der Waals surface area contributed by atoms with Crippen LogP contribution in [0.2, 0.25) is 0 Å². The standard InChI is InChI=1S/C20H20F2N2O2/c1-13(17-8-7-16(21)11-18(17)22)23-20(26)15-5-2-4-14(10-15)12-24-9-3-6-19(24)25/h2,4-5,7-8,10-11,13H,3,6,9,12H2,1H3,(H,23,26). The summed E-state index contributed by atoms with van der Waals surface area (Å²) in [6.07, 6.45) is 1.43. The zero-order valence-electron chi connectivity index (χ0n) is 14.5. The molecule has 4 nitrogen and oxygen atoms in total. The molecule has 0 aromatic heterocycles. The number of hydrogen-bond acceptors (Lipinski definition) is 2. The molecular formula is C20H20F2N2O2. The molecule has 2 aromatic carbocycles. The zero-order chi connectivity index (χ0) is 18.7. The molecule has 1 atom stereocenters. The molecule has 0 saturated carbocycles. The molecule has 1 N–H and O–H groups in total. The average Bonchev–Trinajstić information content (AvgIpc) is 2.99. The summed E-state index contributed by atoms with van der Waals surface area (Å²) in [5.41, 5.74) is 1.52. The van der Waals surface area contributed by atoms with Crippen molar-refractivity contribution in [1.82, 2.24) is 10.2 Å². The first kappa shape index (κ1) is 18.0. The topological polar surface area (TPSA) is 49.4 Å². The highest BCUT2D eigenvalue weighted by Crippen LogP contribution is 2.19. The van der Waals surface area contributed by atoms with Crippen LogP contribution in [0.4, 0.5) is 8.78 Å². The number of amides is 2. The first-order valence-electron chi connectivity index (χ1n) is 8.56. The van der Waals surface area contributed by atoms with Crippen molar-refractivity contribution >= 4 is 11.8 Å². The molecule has 2 aromatic rings. The predicted molar refractivity (Wildman–Crippen MR) is 93.3 cm³/mol. The Hall–Kier alpha value is -2.76. The second-order valence-electron chi connectivity index (χ2n) is 6.48. The lowest BCUT2D eigenvalue weighted by Crippen LogP contribution is -2.28. The Kier molecular flexibility index (Phi) is 5.30. The smallest absolute Gasteiger partial charge is 0.251 e. The van der Waals surface area contributed by atoms with Crippen LogP contribution in [-0.2, 0) is 11.3 Å². The molecule has 0 spiro atoms. The fourth-order valence-electron chi connectivity index (χ4n) is 3.11. The normalized spacial score (nSPS) is 15.2. The van der Waals surface area contributed by atoms with Gasteiger partial charge in [-0.25, -0.2) is 8.78 Å². The van der Waals surface area contributed by atoms with E-state index in [2.05, 4.69) is 5.32 Å². The predicted octanol–water partition coefficient (Wildman–Crippen LogP) is 3.58. The van der Waals surface area contributed by atoms with Crippen LogP contribution in [0.1, 0.15) is 47.3 Å². The Labute approximate surface area is 150 Å². The van der Waals surface area contributed by atoms with Gasteiger partial charge in [0.25, 0.3) is 5.91 Å². The van der Waals surface area contributed by atoms with Gasteiger partial charge in [-0.1, -0.05) is 18.2 Å². The molecule has 1 heterocycles. The van der Waals surface area contributed by atoms with E-state index < -0.39 is 17.7 Å². The van der Waals surface area contributed by atoms with Crippen LogP contribution in [0.5, 0.6) is 0 Å². The van der Waals surface area contributed by atoms with Crippen LogP contribution in [0.25, 0.3) is 0 Å². The SMILES string of the molecule is CC(NC(=O)c1cccc(CN2CCCC2=O)c1)c1ccc(F)cc1F. The van der Waals surface area contributed by atoms with E-state index in [0.717, 1.165) is 30.7 Å². The highest BCUT2D eigenvalue weighted by molar-refractivity contribution is 5.94. The zero-order valence-corrected chi connectivity index (χ0v) is 14.5. The van der Waals surface area contributed by atoms with Crippen LogP contribution in [0.15, 0.2) is 42.5 Å². The summed E-state index contributed by atoms with van der Waals surface area (Å²) in [6, 6.07) is 9.70. The number of benzene rings is 2. The molecule has 0 aliphatic carbocycles. The maximum atomic E-state index is 13.9. The molecule has 136 valence electrons. The van der Waals surface area contributed by atoms with E-state index in [1.165, 1.54) is 6.07 Å². The first-order chi connectivity index (χ1) is 12.4. The summed E-state index contributed by atoms with van der Waals surface area (Å²) in [7, 11) is 0. The van der Waals surface area contributed by atoms with Crippen LogP contribution in [-0.4, -0.2) is 23.3 Å². The highest BCUT2D eigenvalue weighted by Gasteiger charge is 2.20. The number of carbonyl (C=O) groups is 2. The molecule has 1 saturated heterocycles. The van der Waals surface area contributed by atoms with E-state index >= 15 is 0 Å². The van der Waals surface area contributed by atoms with Crippen molar-refractivity contribution in [3.8, 4) is 0 Å². The van der Waals surface area contributed by atoms with E-state index in [1.54, 1.807) is 30.0 Å². The third-order valence-corrected chi connectivity index (χ3v) is 4.51. The highest BCUT2D eigenvalue weighted by atomic mass is 19.1. The summed E-state index contributed by atoms with van der Waals surface area (Å²) < 4.78 is 26.9. The molecular weight excluding hydrogens is 338 g/mol. The Bertz CT molecular complexity index is 838. The molecule has 1 aliphatic rings. The summed E-state index contributed by atoms with van der Waals surface area (Å²) in [6.45, 7) is 2.85. The lowest BCUT2D eigenvalue weighted by Gasteiger charge is -2.17. The van der Waals surface area contributed by atoms with E-state index in [0.29, 0.717) is 18.5 Å². The molecule has 1 fully saturated rings. The minimum atomic E-state index is -0.695. The molecule has 1 unspecified atom stereocenters. The van der Waals surface area contributed by atoms with Crippen LogP contribution >= 0.6 is 0 Å². The number of halogens is 2. The van der Waals surface area contributed by atoms with E-state index in [1.807, 2.05) is 6.07 Å². The molecule has 2 amide bonds. The third-order valence-electron chi connectivity index (χ3n) is 4.51. The Morgan fingerprint density at radius 2 is 2.04 bits per heavy atom. The van der Waals surface area contributed by atoms with Gasteiger partial charge in [0.2, 0.25) is 5.91 Å². The summed E-state index contributed by atoms with van der Waals surface area (Å²) >= 11 is 0. The second-order valence-corrected chi connectivity index (χ2v) is 6.48. The van der Waals surface area contributed by atoms with Crippen molar-refractivity contribution in [1.29, 1.82) is 0 Å². The van der Waals surface area contributed by atoms with Gasteiger partial charge >= 0.3 is 0 Å². The van der Waals surface area contributed by atoms with Crippen LogP contribution in [0, 0.1) is 11.6 Å². The van der Waals surface area contributed by atoms with Crippen molar-refractivity contribution in [2.24, 2.45) is 0 Å². The minimum Gasteiger partial charge on any atom is -0.345 e. The van der Waals surface area contributed by atoms with Gasteiger partial charge in [-0.3, -0.25) is 9.59 Å². The summed E-state index contributed by atoms with van der Waals surface area (Å²) in [5, 5.41) is 2.72. The average molecular weight is 358 g/mol. The molecule has 26 heavy (non-hydrogen) atoms. The number of carbonyl (C=O) groups excluding carboxylic acids is 2. The van der Waals surface area contributed by atoms with E-state index in [4.69, 9.17) is 0 Å². The van der Waals surface area contributed by atoms with Gasteiger partial charge < -0.3 is 10.2 Å². The lowest BCUT2D eigenvalue weighted by molar-refractivity contribution is -0.128. The summed E-state index contributed by atoms with van der Waals surface area (Å²) in [4.78, 5) is 26.0. The molecule has 6 heteroatoms. The number of nitrogens with one attached hydrogen (secondary N) is 1. The first-order valence-corrected chi connectivity index (χ1v) is 8.56. The van der Waals surface area contributed by atoms with E-state index in [-0.39, 0.29) is 17.4 Å². The van der Waals surface area contributed by atoms with Gasteiger partial charge in [0.05, 0.1) is 6.04 Å². The van der Waals surface area contributed by atoms with Crippen molar-refractivity contribution in [2.75, 3.05) is 6.54 Å². The van der Waals surface area contributed by atoms with E-state index in [9.17, 15) is 18.4 Å². The third kappa shape index (κ3) is 4.07. The van der Waals surface area contributed by atoms with Crippen molar-refractivity contribution in [3.05, 3.63) is 70.8 Å². The Morgan fingerprint density at radius 1 is 1.23 bits per heavy atom. The maximum absolute atomic E-state index is 13.9. The van der Waals surface area contributed by atoms with Gasteiger partial charge in [0, 0.05) is 36.7 Å². The van der Waals surface area contributed by atoms with Gasteiger partial charge in [-0.2, -0.15) is 0 Å². The Morgan fingerprint density at radius 3 is 2.73 bits per heavy atom. The fourth-order valence-corrected chi connectivity index (χ4v) is 3.11. The molecule has 1 aliphatic heterocycles. The van der Waals surface area contributed by atoms with Crippen molar-refractivity contribution < 1.29 is 18.4 Å². The summed E-state index contributed by atoms with van der Waals surface area (Å²) in [5.74, 6) is -1.58. The maximum Gasteiger partial charge on any atom is 0.251 e. The lowest BCUT2D eigenvalue weighted by atomic mass is 10.1. The molecule has 3 rings (SSSR count). The monoisotopic (exact) mass is 358 g/mol. The van der Waals surface area contributed by atoms with Gasteiger partial charge in [-0.05, 0) is 37.1 Å². The quantitative estimate of drug-likeness (QED) is 0.888. The van der Waals surface area contributed by atoms with Crippen molar-refractivity contribution in [3.63, 3.8) is 0 Å². The van der Waals surface area contributed by atoms with Gasteiger partial charge in [0.1, 0.15) is 11.6 Å². The largest absolute Gasteiger partial charge is 0.345 e. The number of likely N-dealkylation sites (tertiary alicyclic amines) is 1. The van der Waals surface area contributed by atoms with Crippen LogP contribution in [0.3, 0.4) is 0 Å². The molecule has 0 bridgehead atoms. The fraction of sp³-hybridized carbons (Fsp3) is 0.300. The second kappa shape index (κ2) is 7.64.